The van der Waals surface area contributed by atoms with Crippen LogP contribution in [0.3, 0.4) is 0 Å². The van der Waals surface area contributed by atoms with Gasteiger partial charge in [-0.3, -0.25) is 29.2 Å². The summed E-state index contributed by atoms with van der Waals surface area (Å²) in [6, 6.07) is 31.6. The molecule has 4 aliphatic heterocycles. The van der Waals surface area contributed by atoms with Gasteiger partial charge in [-0.25, -0.2) is 20.0 Å². The first-order valence-corrected chi connectivity index (χ1v) is 22.8. The van der Waals surface area contributed by atoms with Crippen LogP contribution in [0.5, 0.6) is 11.5 Å². The minimum atomic E-state index is -0.192. The van der Waals surface area contributed by atoms with Gasteiger partial charge in [-0.15, -0.1) is 0 Å². The van der Waals surface area contributed by atoms with Crippen LogP contribution in [0.1, 0.15) is 62.9 Å². The van der Waals surface area contributed by atoms with E-state index in [-0.39, 0.29) is 23.9 Å². The third-order valence-corrected chi connectivity index (χ3v) is 12.7. The predicted molar refractivity (Wildman–Crippen MR) is 259 cm³/mol. The monoisotopic (exact) mass is 941 g/mol. The number of carbonyl (C=O) groups is 2. The number of carbonyl (C=O) groups excluding carboxylic acids is 2. The van der Waals surface area contributed by atoms with E-state index in [2.05, 4.69) is 44.3 Å². The molecule has 2 amide bonds. The summed E-state index contributed by atoms with van der Waals surface area (Å²) in [6.45, 7) is 7.01. The molecule has 6 aromatic rings. The van der Waals surface area contributed by atoms with Crippen molar-refractivity contribution in [3.8, 4) is 11.5 Å². The molecule has 67 heavy (non-hydrogen) atoms. The summed E-state index contributed by atoms with van der Waals surface area (Å²) in [4.78, 5) is 53.6. The number of oxime groups is 1. The van der Waals surface area contributed by atoms with Crippen LogP contribution in [0.15, 0.2) is 119 Å². The molecular formula is C49H49Cl2N11O5. The van der Waals surface area contributed by atoms with Crippen molar-refractivity contribution in [3.63, 3.8) is 0 Å². The number of imidazole rings is 2. The minimum Gasteiger partial charge on any atom is -0.495 e. The molecular weight excluding hydrogens is 894 g/mol. The third kappa shape index (κ3) is 8.81. The maximum absolute atomic E-state index is 13.7. The third-order valence-electron chi connectivity index (χ3n) is 12.1. The molecule has 0 spiro atoms. The van der Waals surface area contributed by atoms with Gasteiger partial charge in [-0.1, -0.05) is 101 Å². The largest absolute Gasteiger partial charge is 0.495 e. The average Bonchev–Trinajstić information content (AvgIpc) is 4.13. The van der Waals surface area contributed by atoms with E-state index >= 15 is 0 Å². The first-order chi connectivity index (χ1) is 32.6. The summed E-state index contributed by atoms with van der Waals surface area (Å²) < 4.78 is 14.1. The van der Waals surface area contributed by atoms with Gasteiger partial charge in [0.25, 0.3) is 11.8 Å². The van der Waals surface area contributed by atoms with E-state index in [9.17, 15) is 14.8 Å². The second kappa shape index (κ2) is 19.4. The topological polar surface area (TPSA) is 159 Å². The van der Waals surface area contributed by atoms with E-state index in [1.165, 1.54) is 17.3 Å². The fraction of sp³-hybridized carbons (Fsp3) is 0.286. The zero-order valence-corrected chi connectivity index (χ0v) is 39.0. The Hall–Kier alpha value is -7.17. The van der Waals surface area contributed by atoms with Crippen molar-refractivity contribution in [2.45, 2.75) is 51.9 Å². The first kappa shape index (κ1) is 45.0. The highest BCUT2D eigenvalue weighted by atomic mass is 35.5. The number of hydrogen-bond donors (Lipinski definition) is 1. The minimum absolute atomic E-state index is 0.0132. The van der Waals surface area contributed by atoms with Crippen LogP contribution in [0.2, 0.25) is 10.0 Å². The normalized spacial score (nSPS) is 17.2. The van der Waals surface area contributed by atoms with E-state index in [4.69, 9.17) is 42.7 Å². The van der Waals surface area contributed by atoms with Crippen molar-refractivity contribution in [1.29, 1.82) is 0 Å². The molecule has 0 fully saturated rings. The van der Waals surface area contributed by atoms with Crippen molar-refractivity contribution < 1.29 is 24.3 Å². The van der Waals surface area contributed by atoms with Gasteiger partial charge in [0.1, 0.15) is 17.7 Å². The standard InChI is InChI=1S/C25H25ClN6O3.C24H24ClN5O2/c1-3-30-24(33)22-23(32-15-18(28-25(30)32)11-16-7-5-4-6-8-16)29-21(13-27-34)31(22)14-17-9-10-20(35-2)19(26)12-17;1-3-29-23(31)21-22(26-15-28(21)13-17-9-10-20(32-2)19(25)12-17)30-14-18(27-24(29)30)11-16-7-5-4-6-8-16/h4-10,12-13,18,34H,3,11,14-15H2,1-2H3;4-10,12,15,18H,3,11,13-14H2,1-2H3/b27-13+;/t2*18-/m11/s1. The molecule has 16 nitrogen and oxygen atoms in total. The van der Waals surface area contributed by atoms with Crippen LogP contribution in [0.4, 0.5) is 11.6 Å². The quantitative estimate of drug-likeness (QED) is 0.0703. The molecule has 4 aliphatic rings. The van der Waals surface area contributed by atoms with Crippen LogP contribution in [0, 0.1) is 0 Å². The number of hydrogen-bond acceptors (Lipinski definition) is 12. The number of anilines is 2. The van der Waals surface area contributed by atoms with Gasteiger partial charge in [0, 0.05) is 19.6 Å². The molecule has 18 heteroatoms. The van der Waals surface area contributed by atoms with Crippen molar-refractivity contribution >= 4 is 64.8 Å². The number of nitrogens with zero attached hydrogens (tertiary/aromatic N) is 11. The van der Waals surface area contributed by atoms with Crippen molar-refractivity contribution in [1.82, 2.24) is 28.9 Å². The number of rotatable bonds is 13. The lowest BCUT2D eigenvalue weighted by Crippen LogP contribution is -2.50. The molecule has 4 aromatic carbocycles. The molecule has 0 saturated carbocycles. The van der Waals surface area contributed by atoms with Crippen LogP contribution < -0.4 is 19.3 Å². The number of benzene rings is 4. The number of amides is 2. The Morgan fingerprint density at radius 1 is 0.687 bits per heavy atom. The van der Waals surface area contributed by atoms with Crippen molar-refractivity contribution in [3.05, 3.63) is 153 Å². The maximum Gasteiger partial charge on any atom is 0.281 e. The smallest absolute Gasteiger partial charge is 0.281 e. The fourth-order valence-corrected chi connectivity index (χ4v) is 9.56. The highest BCUT2D eigenvalue weighted by Crippen LogP contribution is 2.36. The van der Waals surface area contributed by atoms with E-state index < -0.39 is 0 Å². The first-order valence-electron chi connectivity index (χ1n) is 22.0. The number of aliphatic imine (C=N–C) groups is 2. The van der Waals surface area contributed by atoms with Gasteiger partial charge in [-0.05, 0) is 73.2 Å². The molecule has 1 N–H and O–H groups in total. The lowest BCUT2D eigenvalue weighted by molar-refractivity contribution is 0.0828. The van der Waals surface area contributed by atoms with E-state index in [1.54, 1.807) is 47.0 Å². The second-order valence-corrected chi connectivity index (χ2v) is 17.1. The van der Waals surface area contributed by atoms with Crippen LogP contribution >= 0.6 is 23.2 Å². The van der Waals surface area contributed by atoms with Gasteiger partial charge < -0.3 is 23.8 Å². The highest BCUT2D eigenvalue weighted by Gasteiger charge is 2.44. The zero-order chi connectivity index (χ0) is 46.8. The Bertz CT molecular complexity index is 2900. The van der Waals surface area contributed by atoms with Crippen molar-refractivity contribution in [2.24, 2.45) is 15.1 Å². The average molecular weight is 943 g/mol. The Balaban J connectivity index is 0.000000169. The van der Waals surface area contributed by atoms with E-state index in [1.807, 2.05) is 84.0 Å². The maximum atomic E-state index is 13.7. The molecule has 0 bridgehead atoms. The predicted octanol–water partition coefficient (Wildman–Crippen LogP) is 7.52. The van der Waals surface area contributed by atoms with Crippen LogP contribution in [0.25, 0.3) is 0 Å². The summed E-state index contributed by atoms with van der Waals surface area (Å²) in [5.41, 5.74) is 5.24. The Kier molecular flexibility index (Phi) is 13.0. The van der Waals surface area contributed by atoms with E-state index in [0.29, 0.717) is 102 Å². The molecule has 2 atom stereocenters. The summed E-state index contributed by atoms with van der Waals surface area (Å²) in [5.74, 6) is 3.78. The molecule has 6 heterocycles. The van der Waals surface area contributed by atoms with Gasteiger partial charge in [0.2, 0.25) is 11.9 Å². The van der Waals surface area contributed by atoms with Crippen LogP contribution in [-0.2, 0) is 25.9 Å². The summed E-state index contributed by atoms with van der Waals surface area (Å²) in [6.07, 6.45) is 4.55. The van der Waals surface area contributed by atoms with Gasteiger partial charge >= 0.3 is 0 Å². The molecule has 0 saturated heterocycles. The number of aromatic nitrogens is 4. The fourth-order valence-electron chi connectivity index (χ4n) is 9.00. The van der Waals surface area contributed by atoms with Gasteiger partial charge in [0.15, 0.2) is 28.8 Å². The van der Waals surface area contributed by atoms with Crippen molar-refractivity contribution in [2.75, 3.05) is 50.2 Å². The Labute approximate surface area is 398 Å². The molecule has 0 aliphatic carbocycles. The lowest BCUT2D eigenvalue weighted by atomic mass is 10.1. The number of guanidine groups is 2. The lowest BCUT2D eigenvalue weighted by Gasteiger charge is -2.33. The van der Waals surface area contributed by atoms with Crippen LogP contribution in [-0.4, -0.2) is 117 Å². The number of ether oxygens (including phenoxy) is 2. The molecule has 10 rings (SSSR count). The molecule has 0 unspecified atom stereocenters. The number of fused-ring (bicyclic) bond motifs is 6. The molecule has 344 valence electrons. The summed E-state index contributed by atoms with van der Waals surface area (Å²) in [7, 11) is 3.15. The number of halogens is 2. The van der Waals surface area contributed by atoms with Gasteiger partial charge in [0.05, 0.1) is 62.3 Å². The highest BCUT2D eigenvalue weighted by molar-refractivity contribution is 6.32. The molecule has 0 radical (unpaired) electrons. The van der Waals surface area contributed by atoms with E-state index in [0.717, 1.165) is 24.0 Å². The molecule has 2 aromatic heterocycles. The number of methoxy groups -OCH3 is 2. The zero-order valence-electron chi connectivity index (χ0n) is 37.5. The second-order valence-electron chi connectivity index (χ2n) is 16.3. The SMILES string of the molecule is CCN1C(=O)c2c(nc(/C=N/O)n2Cc2ccc(OC)c(Cl)c2)N2C[C@@H](Cc3ccccc3)N=C12.CCN1C(=O)c2c(ncn2Cc2ccc(OC)c(Cl)c2)N2C[C@@H](Cc3ccccc3)N=C12. The Morgan fingerprint density at radius 3 is 1.69 bits per heavy atom. The Morgan fingerprint density at radius 2 is 1.19 bits per heavy atom. The van der Waals surface area contributed by atoms with Gasteiger partial charge in [-0.2, -0.15) is 0 Å². The summed E-state index contributed by atoms with van der Waals surface area (Å²) >= 11 is 12.6. The summed E-state index contributed by atoms with van der Waals surface area (Å²) in [5, 5.41) is 13.5.